The molecule has 0 aliphatic heterocycles. The van der Waals surface area contributed by atoms with Crippen LogP contribution >= 0.6 is 0 Å². The number of unbranched alkanes of at least 4 members (excludes halogenated alkanes) is 8. The highest BCUT2D eigenvalue weighted by Crippen LogP contribution is 2.11. The summed E-state index contributed by atoms with van der Waals surface area (Å²) in [4.78, 5) is 0. The highest BCUT2D eigenvalue weighted by atomic mass is 14.0. The molecule has 0 aliphatic carbocycles. The van der Waals surface area contributed by atoms with Crippen LogP contribution in [0, 0.1) is 6.92 Å². The number of aryl methyl sites for hydroxylation is 2. The van der Waals surface area contributed by atoms with Crippen LogP contribution < -0.4 is 0 Å². The summed E-state index contributed by atoms with van der Waals surface area (Å²) in [6.07, 6.45) is 19.7. The average molecular weight is 287 g/mol. The summed E-state index contributed by atoms with van der Waals surface area (Å²) in [5, 5.41) is 0. The zero-order chi connectivity index (χ0) is 15.2. The second-order valence-corrected chi connectivity index (χ2v) is 6.20. The predicted octanol–water partition coefficient (Wildman–Crippen LogP) is 7.01. The molecule has 0 amide bonds. The Bertz CT molecular complexity index is 375. The fourth-order valence-electron chi connectivity index (χ4n) is 2.76. The Morgan fingerprint density at radius 2 is 1.38 bits per heavy atom. The molecule has 0 saturated heterocycles. The summed E-state index contributed by atoms with van der Waals surface area (Å²) < 4.78 is 0. The lowest BCUT2D eigenvalue weighted by atomic mass is 10.0. The molecular weight excluding hydrogens is 252 g/mol. The fourth-order valence-corrected chi connectivity index (χ4v) is 2.76. The molecule has 21 heavy (non-hydrogen) atoms. The van der Waals surface area contributed by atoms with Crippen molar-refractivity contribution in [2.24, 2.45) is 0 Å². The number of rotatable bonds is 12. The molecule has 0 N–H and O–H groups in total. The SMILES string of the molecule is CCCCCCCCCC/C=C/CCc1ccccc1C. The Kier molecular flexibility index (Phi) is 10.9. The van der Waals surface area contributed by atoms with Crippen molar-refractivity contribution in [1.29, 1.82) is 0 Å². The van der Waals surface area contributed by atoms with Gasteiger partial charge in [-0.3, -0.25) is 0 Å². The van der Waals surface area contributed by atoms with E-state index in [-0.39, 0.29) is 0 Å². The molecule has 0 fully saturated rings. The minimum absolute atomic E-state index is 1.18. The van der Waals surface area contributed by atoms with Crippen LogP contribution in [0.15, 0.2) is 36.4 Å². The third kappa shape index (κ3) is 9.50. The summed E-state index contributed by atoms with van der Waals surface area (Å²) in [6, 6.07) is 8.73. The van der Waals surface area contributed by atoms with Crippen LogP contribution in [0.3, 0.4) is 0 Å². The van der Waals surface area contributed by atoms with Crippen molar-refractivity contribution in [1.82, 2.24) is 0 Å². The van der Waals surface area contributed by atoms with Crippen molar-refractivity contribution in [3.05, 3.63) is 47.5 Å². The van der Waals surface area contributed by atoms with Gasteiger partial charge in [-0.1, -0.05) is 88.3 Å². The minimum atomic E-state index is 1.18. The average Bonchev–Trinajstić information content (AvgIpc) is 2.50. The van der Waals surface area contributed by atoms with E-state index < -0.39 is 0 Å². The molecule has 0 aliphatic rings. The molecule has 0 heteroatoms. The number of allylic oxidation sites excluding steroid dienone is 2. The van der Waals surface area contributed by atoms with E-state index in [2.05, 4.69) is 50.3 Å². The normalized spacial score (nSPS) is 11.3. The monoisotopic (exact) mass is 286 g/mol. The van der Waals surface area contributed by atoms with Crippen molar-refractivity contribution in [3.63, 3.8) is 0 Å². The van der Waals surface area contributed by atoms with Crippen LogP contribution in [-0.2, 0) is 6.42 Å². The highest BCUT2D eigenvalue weighted by molar-refractivity contribution is 5.25. The lowest BCUT2D eigenvalue weighted by molar-refractivity contribution is 0.577. The van der Waals surface area contributed by atoms with E-state index in [4.69, 9.17) is 0 Å². The summed E-state index contributed by atoms with van der Waals surface area (Å²) in [7, 11) is 0. The van der Waals surface area contributed by atoms with Crippen LogP contribution in [0.1, 0.15) is 82.3 Å². The summed E-state index contributed by atoms with van der Waals surface area (Å²) in [5.74, 6) is 0. The first-order valence-electron chi connectivity index (χ1n) is 9.04. The van der Waals surface area contributed by atoms with Crippen LogP contribution in [-0.4, -0.2) is 0 Å². The number of hydrogen-bond acceptors (Lipinski definition) is 0. The number of benzene rings is 1. The van der Waals surface area contributed by atoms with Crippen molar-refractivity contribution < 1.29 is 0 Å². The molecule has 1 rings (SSSR count). The Morgan fingerprint density at radius 1 is 0.762 bits per heavy atom. The molecule has 0 saturated carbocycles. The molecule has 0 nitrogen and oxygen atoms in total. The predicted molar refractivity (Wildman–Crippen MR) is 95.9 cm³/mol. The van der Waals surface area contributed by atoms with Crippen molar-refractivity contribution in [2.75, 3.05) is 0 Å². The molecule has 0 aromatic heterocycles. The molecule has 0 bridgehead atoms. The van der Waals surface area contributed by atoms with Gasteiger partial charge in [0.15, 0.2) is 0 Å². The van der Waals surface area contributed by atoms with Crippen molar-refractivity contribution in [2.45, 2.75) is 84.5 Å². The van der Waals surface area contributed by atoms with Gasteiger partial charge < -0.3 is 0 Å². The molecule has 0 radical (unpaired) electrons. The maximum absolute atomic E-state index is 2.38. The maximum atomic E-state index is 2.38. The molecule has 0 spiro atoms. The van der Waals surface area contributed by atoms with Gasteiger partial charge in [0, 0.05) is 0 Å². The van der Waals surface area contributed by atoms with E-state index in [1.807, 2.05) is 0 Å². The Hall–Kier alpha value is -1.04. The van der Waals surface area contributed by atoms with Gasteiger partial charge in [-0.25, -0.2) is 0 Å². The van der Waals surface area contributed by atoms with E-state index in [1.54, 1.807) is 0 Å². The van der Waals surface area contributed by atoms with Gasteiger partial charge in [-0.05, 0) is 43.7 Å². The second kappa shape index (κ2) is 12.7. The first kappa shape index (κ1) is 18.0. The smallest absolute Gasteiger partial charge is 0.0242 e. The zero-order valence-electron chi connectivity index (χ0n) is 14.2. The standard InChI is InChI=1S/C21H34/c1-3-4-5-6-7-8-9-10-11-12-13-14-18-21-19-16-15-17-20(21)2/h12-13,15-17,19H,3-11,14,18H2,1-2H3/b13-12+. The first-order chi connectivity index (χ1) is 10.3. The van der Waals surface area contributed by atoms with E-state index in [1.165, 1.54) is 81.8 Å². The molecule has 0 heterocycles. The molecule has 118 valence electrons. The summed E-state index contributed by atoms with van der Waals surface area (Å²) in [5.41, 5.74) is 2.92. The van der Waals surface area contributed by atoms with Gasteiger partial charge in [0.2, 0.25) is 0 Å². The van der Waals surface area contributed by atoms with E-state index >= 15 is 0 Å². The van der Waals surface area contributed by atoms with Gasteiger partial charge >= 0.3 is 0 Å². The first-order valence-corrected chi connectivity index (χ1v) is 9.04. The Labute approximate surface area is 132 Å². The van der Waals surface area contributed by atoms with Crippen LogP contribution in [0.25, 0.3) is 0 Å². The molecule has 1 aromatic carbocycles. The quantitative estimate of drug-likeness (QED) is 0.286. The Morgan fingerprint density at radius 3 is 2.10 bits per heavy atom. The van der Waals surface area contributed by atoms with Crippen LogP contribution in [0.2, 0.25) is 0 Å². The van der Waals surface area contributed by atoms with E-state index in [0.717, 1.165) is 0 Å². The third-order valence-corrected chi connectivity index (χ3v) is 4.23. The highest BCUT2D eigenvalue weighted by Gasteiger charge is 1.94. The summed E-state index contributed by atoms with van der Waals surface area (Å²) >= 11 is 0. The maximum Gasteiger partial charge on any atom is -0.0242 e. The second-order valence-electron chi connectivity index (χ2n) is 6.20. The molecular formula is C21H34. The zero-order valence-corrected chi connectivity index (χ0v) is 14.2. The van der Waals surface area contributed by atoms with Gasteiger partial charge in [0.25, 0.3) is 0 Å². The number of hydrogen-bond donors (Lipinski definition) is 0. The van der Waals surface area contributed by atoms with Gasteiger partial charge in [0.1, 0.15) is 0 Å². The summed E-state index contributed by atoms with van der Waals surface area (Å²) in [6.45, 7) is 4.49. The fraction of sp³-hybridized carbons (Fsp3) is 0.619. The van der Waals surface area contributed by atoms with E-state index in [0.29, 0.717) is 0 Å². The van der Waals surface area contributed by atoms with Crippen LogP contribution in [0.4, 0.5) is 0 Å². The van der Waals surface area contributed by atoms with Gasteiger partial charge in [0.05, 0.1) is 0 Å². The van der Waals surface area contributed by atoms with E-state index in [9.17, 15) is 0 Å². The largest absolute Gasteiger partial charge is 0.0885 e. The van der Waals surface area contributed by atoms with Crippen molar-refractivity contribution in [3.8, 4) is 0 Å². The molecule has 0 unspecified atom stereocenters. The molecule has 0 atom stereocenters. The Balaban J connectivity index is 1.92. The van der Waals surface area contributed by atoms with Crippen LogP contribution in [0.5, 0.6) is 0 Å². The lowest BCUT2D eigenvalue weighted by Gasteiger charge is -2.02. The minimum Gasteiger partial charge on any atom is -0.0885 e. The third-order valence-electron chi connectivity index (χ3n) is 4.23. The van der Waals surface area contributed by atoms with Crippen molar-refractivity contribution >= 4 is 0 Å². The lowest BCUT2D eigenvalue weighted by Crippen LogP contribution is -1.87. The van der Waals surface area contributed by atoms with Gasteiger partial charge in [-0.15, -0.1) is 0 Å². The topological polar surface area (TPSA) is 0 Å². The molecule has 1 aromatic rings. The van der Waals surface area contributed by atoms with Gasteiger partial charge in [-0.2, -0.15) is 0 Å².